The highest BCUT2D eigenvalue weighted by molar-refractivity contribution is 5.93. The number of H-pyrrole nitrogens is 1. The van der Waals surface area contributed by atoms with Crippen LogP contribution in [0.5, 0.6) is 0 Å². The Labute approximate surface area is 141 Å². The van der Waals surface area contributed by atoms with Gasteiger partial charge in [-0.25, -0.2) is 0 Å². The molecule has 5 nitrogen and oxygen atoms in total. The number of aromatic nitrogens is 1. The number of para-hydroxylation sites is 1. The van der Waals surface area contributed by atoms with E-state index in [-0.39, 0.29) is 17.0 Å². The summed E-state index contributed by atoms with van der Waals surface area (Å²) < 4.78 is 0. The highest BCUT2D eigenvalue weighted by Gasteiger charge is 2.22. The third kappa shape index (κ3) is 3.35. The van der Waals surface area contributed by atoms with E-state index in [0.717, 1.165) is 25.1 Å². The van der Waals surface area contributed by atoms with Crippen molar-refractivity contribution >= 4 is 11.6 Å². The molecule has 3 rings (SSSR count). The van der Waals surface area contributed by atoms with E-state index in [1.807, 2.05) is 6.07 Å². The van der Waals surface area contributed by atoms with E-state index < -0.39 is 0 Å². The third-order valence-electron chi connectivity index (χ3n) is 4.60. The summed E-state index contributed by atoms with van der Waals surface area (Å²) in [6.07, 6.45) is 2.21. The summed E-state index contributed by atoms with van der Waals surface area (Å²) >= 11 is 0. The van der Waals surface area contributed by atoms with Crippen LogP contribution in [0.15, 0.2) is 41.2 Å². The Morgan fingerprint density at radius 1 is 1.29 bits per heavy atom. The fourth-order valence-corrected chi connectivity index (χ4v) is 3.24. The SMILES string of the molecule is Cc1ccc(C(=O)NCCN2c3ccccc3CCC2C)c(=O)[nH]1. The summed E-state index contributed by atoms with van der Waals surface area (Å²) in [5, 5.41) is 2.86. The molecule has 1 aliphatic rings. The van der Waals surface area contributed by atoms with Gasteiger partial charge in [-0.3, -0.25) is 9.59 Å². The summed E-state index contributed by atoms with van der Waals surface area (Å²) in [4.78, 5) is 29.0. The van der Waals surface area contributed by atoms with E-state index in [0.29, 0.717) is 12.6 Å². The molecule has 0 spiro atoms. The molecule has 1 amide bonds. The van der Waals surface area contributed by atoms with Crippen LogP contribution in [0.2, 0.25) is 0 Å². The van der Waals surface area contributed by atoms with Crippen molar-refractivity contribution in [2.75, 3.05) is 18.0 Å². The molecule has 1 aliphatic heterocycles. The lowest BCUT2D eigenvalue weighted by Gasteiger charge is -2.37. The Balaban J connectivity index is 1.64. The molecule has 1 aromatic heterocycles. The molecule has 2 heterocycles. The molecule has 0 fully saturated rings. The van der Waals surface area contributed by atoms with E-state index in [1.54, 1.807) is 19.1 Å². The fourth-order valence-electron chi connectivity index (χ4n) is 3.24. The number of hydrogen-bond acceptors (Lipinski definition) is 3. The minimum Gasteiger partial charge on any atom is -0.367 e. The molecule has 5 heteroatoms. The Hall–Kier alpha value is -2.56. The number of rotatable bonds is 4. The number of pyridine rings is 1. The van der Waals surface area contributed by atoms with Gasteiger partial charge in [0.2, 0.25) is 0 Å². The minimum atomic E-state index is -0.343. The first kappa shape index (κ1) is 16.3. The zero-order chi connectivity index (χ0) is 17.1. The lowest BCUT2D eigenvalue weighted by atomic mass is 9.97. The van der Waals surface area contributed by atoms with Crippen LogP contribution in [0.25, 0.3) is 0 Å². The lowest BCUT2D eigenvalue weighted by molar-refractivity contribution is 0.0953. The Bertz CT molecular complexity index is 797. The highest BCUT2D eigenvalue weighted by atomic mass is 16.2. The number of hydrogen-bond donors (Lipinski definition) is 2. The number of carbonyl (C=O) groups is 1. The number of fused-ring (bicyclic) bond motifs is 1. The number of anilines is 1. The third-order valence-corrected chi connectivity index (χ3v) is 4.60. The summed E-state index contributed by atoms with van der Waals surface area (Å²) in [6.45, 7) is 5.24. The van der Waals surface area contributed by atoms with Crippen molar-refractivity contribution in [3.05, 3.63) is 63.6 Å². The molecular weight excluding hydrogens is 302 g/mol. The van der Waals surface area contributed by atoms with Crippen molar-refractivity contribution < 1.29 is 4.79 Å². The number of nitrogens with zero attached hydrogens (tertiary/aromatic N) is 1. The van der Waals surface area contributed by atoms with Crippen molar-refractivity contribution in [3.8, 4) is 0 Å². The van der Waals surface area contributed by atoms with Crippen LogP contribution in [0, 0.1) is 6.92 Å². The Morgan fingerprint density at radius 3 is 2.88 bits per heavy atom. The van der Waals surface area contributed by atoms with Crippen LogP contribution >= 0.6 is 0 Å². The number of carbonyl (C=O) groups excluding carboxylic acids is 1. The number of benzene rings is 1. The normalized spacial score (nSPS) is 16.6. The fraction of sp³-hybridized carbons (Fsp3) is 0.368. The van der Waals surface area contributed by atoms with Gasteiger partial charge in [0, 0.05) is 30.5 Å². The topological polar surface area (TPSA) is 65.2 Å². The summed E-state index contributed by atoms with van der Waals surface area (Å²) in [6, 6.07) is 12.2. The maximum absolute atomic E-state index is 12.2. The molecule has 2 N–H and O–H groups in total. The molecular formula is C19H23N3O2. The van der Waals surface area contributed by atoms with E-state index in [4.69, 9.17) is 0 Å². The van der Waals surface area contributed by atoms with Crippen molar-refractivity contribution in [1.82, 2.24) is 10.3 Å². The number of amides is 1. The molecule has 1 unspecified atom stereocenters. The van der Waals surface area contributed by atoms with Gasteiger partial charge in [-0.1, -0.05) is 18.2 Å². The molecule has 0 radical (unpaired) electrons. The first-order chi connectivity index (χ1) is 11.6. The van der Waals surface area contributed by atoms with Gasteiger partial charge in [0.05, 0.1) is 0 Å². The number of aryl methyl sites for hydroxylation is 2. The van der Waals surface area contributed by atoms with E-state index >= 15 is 0 Å². The largest absolute Gasteiger partial charge is 0.367 e. The summed E-state index contributed by atoms with van der Waals surface area (Å²) in [5.74, 6) is -0.325. The molecule has 0 bridgehead atoms. The average molecular weight is 325 g/mol. The van der Waals surface area contributed by atoms with Gasteiger partial charge in [0.1, 0.15) is 5.56 Å². The van der Waals surface area contributed by atoms with Crippen LogP contribution in [0.4, 0.5) is 5.69 Å². The predicted molar refractivity (Wildman–Crippen MR) is 95.7 cm³/mol. The molecule has 1 atom stereocenters. The Kier molecular flexibility index (Phi) is 4.69. The Morgan fingerprint density at radius 2 is 2.08 bits per heavy atom. The summed E-state index contributed by atoms with van der Waals surface area (Å²) in [5.41, 5.74) is 3.17. The van der Waals surface area contributed by atoms with Crippen LogP contribution < -0.4 is 15.8 Å². The molecule has 2 aromatic rings. The van der Waals surface area contributed by atoms with Crippen LogP contribution in [0.3, 0.4) is 0 Å². The predicted octanol–water partition coefficient (Wildman–Crippen LogP) is 2.25. The monoisotopic (exact) mass is 325 g/mol. The van der Waals surface area contributed by atoms with Gasteiger partial charge in [-0.2, -0.15) is 0 Å². The van der Waals surface area contributed by atoms with Crippen molar-refractivity contribution in [2.45, 2.75) is 32.7 Å². The van der Waals surface area contributed by atoms with Gasteiger partial charge in [0.15, 0.2) is 0 Å². The van der Waals surface area contributed by atoms with Crippen LogP contribution in [0.1, 0.15) is 35.0 Å². The minimum absolute atomic E-state index is 0.160. The second-order valence-electron chi connectivity index (χ2n) is 6.35. The zero-order valence-electron chi connectivity index (χ0n) is 14.1. The standard InChI is InChI=1S/C19H23N3O2/c1-13-7-10-16(19(24)21-13)18(23)20-11-12-22-14(2)8-9-15-5-3-4-6-17(15)22/h3-7,10,14H,8-9,11-12H2,1-2H3,(H,20,23)(H,21,24). The molecule has 1 aromatic carbocycles. The van der Waals surface area contributed by atoms with Gasteiger partial charge in [-0.15, -0.1) is 0 Å². The maximum atomic E-state index is 12.2. The average Bonchev–Trinajstić information content (AvgIpc) is 2.56. The summed E-state index contributed by atoms with van der Waals surface area (Å²) in [7, 11) is 0. The molecule has 24 heavy (non-hydrogen) atoms. The van der Waals surface area contributed by atoms with Crippen molar-refractivity contribution in [2.24, 2.45) is 0 Å². The van der Waals surface area contributed by atoms with Gasteiger partial charge >= 0.3 is 0 Å². The van der Waals surface area contributed by atoms with Crippen molar-refractivity contribution in [1.29, 1.82) is 0 Å². The first-order valence-corrected chi connectivity index (χ1v) is 8.39. The number of nitrogens with one attached hydrogen (secondary N) is 2. The smallest absolute Gasteiger partial charge is 0.260 e. The van der Waals surface area contributed by atoms with Gasteiger partial charge in [0.25, 0.3) is 11.5 Å². The second kappa shape index (κ2) is 6.91. The maximum Gasteiger partial charge on any atom is 0.260 e. The van der Waals surface area contributed by atoms with Gasteiger partial charge < -0.3 is 15.2 Å². The van der Waals surface area contributed by atoms with Crippen LogP contribution in [-0.4, -0.2) is 30.0 Å². The molecule has 0 saturated carbocycles. The molecule has 126 valence electrons. The zero-order valence-corrected chi connectivity index (χ0v) is 14.1. The molecule has 0 aliphatic carbocycles. The second-order valence-corrected chi connectivity index (χ2v) is 6.35. The number of aromatic amines is 1. The van der Waals surface area contributed by atoms with E-state index in [9.17, 15) is 9.59 Å². The van der Waals surface area contributed by atoms with Crippen molar-refractivity contribution in [3.63, 3.8) is 0 Å². The van der Waals surface area contributed by atoms with Gasteiger partial charge in [-0.05, 0) is 50.5 Å². The van der Waals surface area contributed by atoms with E-state index in [2.05, 4.69) is 40.3 Å². The first-order valence-electron chi connectivity index (χ1n) is 8.39. The quantitative estimate of drug-likeness (QED) is 0.906. The molecule has 0 saturated heterocycles. The lowest BCUT2D eigenvalue weighted by Crippen LogP contribution is -2.43. The van der Waals surface area contributed by atoms with Crippen LogP contribution in [-0.2, 0) is 6.42 Å². The highest BCUT2D eigenvalue weighted by Crippen LogP contribution is 2.29. The van der Waals surface area contributed by atoms with E-state index in [1.165, 1.54) is 11.3 Å².